The van der Waals surface area contributed by atoms with E-state index < -0.39 is 9.84 Å². The number of aromatic amines is 1. The Morgan fingerprint density at radius 1 is 1.44 bits per heavy atom. The van der Waals surface area contributed by atoms with Crippen molar-refractivity contribution >= 4 is 26.8 Å². The summed E-state index contributed by atoms with van der Waals surface area (Å²) in [6.07, 6.45) is 0.600. The van der Waals surface area contributed by atoms with Crippen LogP contribution in [0.5, 0.6) is 0 Å². The predicted octanol–water partition coefficient (Wildman–Crippen LogP) is 1.33. The van der Waals surface area contributed by atoms with E-state index in [-0.39, 0.29) is 5.75 Å². The van der Waals surface area contributed by atoms with Crippen LogP contribution in [0.4, 0.5) is 5.95 Å². The molecule has 16 heavy (non-hydrogen) atoms. The molecule has 0 aliphatic heterocycles. The molecule has 0 aliphatic rings. The largest absolute Gasteiger partial charge is 0.369 e. The first-order chi connectivity index (χ1) is 7.53. The van der Waals surface area contributed by atoms with Crippen molar-refractivity contribution in [2.75, 3.05) is 11.5 Å². The van der Waals surface area contributed by atoms with Crippen LogP contribution in [-0.2, 0) is 9.84 Å². The third kappa shape index (κ3) is 1.88. The summed E-state index contributed by atoms with van der Waals surface area (Å²) >= 11 is 0. The lowest BCUT2D eigenvalue weighted by Gasteiger charge is -2.01. The number of benzene rings is 1. The van der Waals surface area contributed by atoms with Crippen molar-refractivity contribution in [2.24, 2.45) is 0 Å². The van der Waals surface area contributed by atoms with Crippen LogP contribution in [0.3, 0.4) is 0 Å². The smallest absolute Gasteiger partial charge is 0.198 e. The Morgan fingerprint density at radius 3 is 2.88 bits per heavy atom. The molecule has 0 unspecified atom stereocenters. The number of rotatable bonds is 3. The molecule has 0 amide bonds. The first-order valence-electron chi connectivity index (χ1n) is 5.01. The van der Waals surface area contributed by atoms with Crippen LogP contribution >= 0.6 is 0 Å². The summed E-state index contributed by atoms with van der Waals surface area (Å²) < 4.78 is 23.6. The molecule has 5 nitrogen and oxygen atoms in total. The third-order valence-electron chi connectivity index (χ3n) is 2.30. The van der Waals surface area contributed by atoms with Gasteiger partial charge in [-0.05, 0) is 24.6 Å². The van der Waals surface area contributed by atoms with E-state index in [0.29, 0.717) is 22.8 Å². The normalized spacial score (nSPS) is 12.1. The molecule has 0 spiro atoms. The summed E-state index contributed by atoms with van der Waals surface area (Å²) in [5.74, 6) is 0.443. The monoisotopic (exact) mass is 239 g/mol. The number of sulfone groups is 1. The van der Waals surface area contributed by atoms with E-state index in [9.17, 15) is 8.42 Å². The van der Waals surface area contributed by atoms with E-state index in [1.54, 1.807) is 18.2 Å². The number of fused-ring (bicyclic) bond motifs is 1. The number of H-pyrrole nitrogens is 1. The van der Waals surface area contributed by atoms with Crippen LogP contribution < -0.4 is 5.73 Å². The number of nitrogen functional groups attached to an aromatic ring is 1. The SMILES string of the molecule is CCCS(=O)(=O)c1ccc2[nH]c(N)nc2c1. The zero-order valence-corrected chi connectivity index (χ0v) is 9.71. The Bertz CT molecular complexity index is 616. The highest BCUT2D eigenvalue weighted by Gasteiger charge is 2.14. The first-order valence-corrected chi connectivity index (χ1v) is 6.66. The van der Waals surface area contributed by atoms with E-state index >= 15 is 0 Å². The van der Waals surface area contributed by atoms with Gasteiger partial charge in [-0.2, -0.15) is 0 Å². The molecular formula is C10H13N3O2S. The average molecular weight is 239 g/mol. The van der Waals surface area contributed by atoms with Crippen LogP contribution in [0, 0.1) is 0 Å². The number of anilines is 1. The van der Waals surface area contributed by atoms with Crippen LogP contribution in [0.15, 0.2) is 23.1 Å². The van der Waals surface area contributed by atoms with E-state index in [1.807, 2.05) is 6.92 Å². The zero-order chi connectivity index (χ0) is 11.8. The molecule has 0 bridgehead atoms. The standard InChI is InChI=1S/C10H13N3O2S/c1-2-5-16(14,15)7-3-4-8-9(6-7)13-10(11)12-8/h3-4,6H,2,5H2,1H3,(H3,11,12,13). The number of nitrogens with two attached hydrogens (primary N) is 1. The van der Waals surface area contributed by atoms with Gasteiger partial charge in [0.05, 0.1) is 21.7 Å². The maximum absolute atomic E-state index is 11.8. The molecule has 1 aromatic heterocycles. The van der Waals surface area contributed by atoms with E-state index in [0.717, 1.165) is 5.52 Å². The van der Waals surface area contributed by atoms with Gasteiger partial charge in [-0.1, -0.05) is 6.92 Å². The summed E-state index contributed by atoms with van der Waals surface area (Å²) in [7, 11) is -3.19. The highest BCUT2D eigenvalue weighted by atomic mass is 32.2. The fourth-order valence-corrected chi connectivity index (χ4v) is 2.93. The lowest BCUT2D eigenvalue weighted by molar-refractivity contribution is 0.595. The zero-order valence-electron chi connectivity index (χ0n) is 8.90. The molecule has 0 atom stereocenters. The van der Waals surface area contributed by atoms with Crippen LogP contribution in [0.2, 0.25) is 0 Å². The summed E-state index contributed by atoms with van der Waals surface area (Å²) in [4.78, 5) is 7.15. The molecule has 0 fully saturated rings. The Labute approximate surface area is 93.6 Å². The molecule has 0 radical (unpaired) electrons. The fourth-order valence-electron chi connectivity index (χ4n) is 1.59. The number of imidazole rings is 1. The van der Waals surface area contributed by atoms with Crippen molar-refractivity contribution in [3.63, 3.8) is 0 Å². The van der Waals surface area contributed by atoms with E-state index in [2.05, 4.69) is 9.97 Å². The van der Waals surface area contributed by atoms with Gasteiger partial charge in [0.15, 0.2) is 15.8 Å². The fraction of sp³-hybridized carbons (Fsp3) is 0.300. The Hall–Kier alpha value is -1.56. The minimum absolute atomic E-state index is 0.151. The van der Waals surface area contributed by atoms with Crippen molar-refractivity contribution in [1.29, 1.82) is 0 Å². The lowest BCUT2D eigenvalue weighted by atomic mass is 10.3. The van der Waals surface area contributed by atoms with Crippen molar-refractivity contribution < 1.29 is 8.42 Å². The maximum Gasteiger partial charge on any atom is 0.198 e. The summed E-state index contributed by atoms with van der Waals surface area (Å²) in [6.45, 7) is 1.84. The average Bonchev–Trinajstić information content (AvgIpc) is 2.56. The van der Waals surface area contributed by atoms with Gasteiger partial charge in [-0.25, -0.2) is 13.4 Å². The molecule has 2 rings (SSSR count). The third-order valence-corrected chi connectivity index (χ3v) is 4.22. The van der Waals surface area contributed by atoms with Gasteiger partial charge < -0.3 is 10.7 Å². The highest BCUT2D eigenvalue weighted by Crippen LogP contribution is 2.19. The van der Waals surface area contributed by atoms with E-state index in [1.165, 1.54) is 0 Å². The topological polar surface area (TPSA) is 88.8 Å². The van der Waals surface area contributed by atoms with Crippen molar-refractivity contribution in [1.82, 2.24) is 9.97 Å². The molecule has 6 heteroatoms. The van der Waals surface area contributed by atoms with Gasteiger partial charge in [0.1, 0.15) is 0 Å². The van der Waals surface area contributed by atoms with Crippen LogP contribution in [-0.4, -0.2) is 24.1 Å². The second-order valence-corrected chi connectivity index (χ2v) is 5.73. The summed E-state index contributed by atoms with van der Waals surface area (Å²) in [5.41, 5.74) is 6.81. The molecule has 1 aromatic carbocycles. The number of hydrogen-bond donors (Lipinski definition) is 2. The predicted molar refractivity (Wildman–Crippen MR) is 62.8 cm³/mol. The van der Waals surface area contributed by atoms with Gasteiger partial charge in [0, 0.05) is 0 Å². The quantitative estimate of drug-likeness (QED) is 0.845. The summed E-state index contributed by atoms with van der Waals surface area (Å²) in [5, 5.41) is 0. The molecular weight excluding hydrogens is 226 g/mol. The number of aromatic nitrogens is 2. The molecule has 2 aromatic rings. The summed E-state index contributed by atoms with van der Waals surface area (Å²) in [6, 6.07) is 4.80. The van der Waals surface area contributed by atoms with Gasteiger partial charge in [-0.15, -0.1) is 0 Å². The minimum Gasteiger partial charge on any atom is -0.369 e. The minimum atomic E-state index is -3.19. The maximum atomic E-state index is 11.8. The van der Waals surface area contributed by atoms with Gasteiger partial charge in [0.25, 0.3) is 0 Å². The number of nitrogens with zero attached hydrogens (tertiary/aromatic N) is 1. The van der Waals surface area contributed by atoms with Crippen molar-refractivity contribution in [3.05, 3.63) is 18.2 Å². The Balaban J connectivity index is 2.54. The van der Waals surface area contributed by atoms with Crippen molar-refractivity contribution in [3.8, 4) is 0 Å². The second kappa shape index (κ2) is 3.79. The van der Waals surface area contributed by atoms with Crippen molar-refractivity contribution in [2.45, 2.75) is 18.2 Å². The van der Waals surface area contributed by atoms with Crippen LogP contribution in [0.1, 0.15) is 13.3 Å². The van der Waals surface area contributed by atoms with Gasteiger partial charge in [0.2, 0.25) is 0 Å². The molecule has 86 valence electrons. The highest BCUT2D eigenvalue weighted by molar-refractivity contribution is 7.91. The number of hydrogen-bond acceptors (Lipinski definition) is 4. The Morgan fingerprint density at radius 2 is 2.19 bits per heavy atom. The van der Waals surface area contributed by atoms with Crippen LogP contribution in [0.25, 0.3) is 11.0 Å². The molecule has 0 saturated carbocycles. The Kier molecular flexibility index (Phi) is 2.59. The molecule has 0 aliphatic carbocycles. The lowest BCUT2D eigenvalue weighted by Crippen LogP contribution is -2.05. The molecule has 0 saturated heterocycles. The van der Waals surface area contributed by atoms with Gasteiger partial charge >= 0.3 is 0 Å². The van der Waals surface area contributed by atoms with Gasteiger partial charge in [-0.3, -0.25) is 0 Å². The second-order valence-electron chi connectivity index (χ2n) is 3.62. The number of nitrogens with one attached hydrogen (secondary N) is 1. The van der Waals surface area contributed by atoms with E-state index in [4.69, 9.17) is 5.73 Å². The first kappa shape index (κ1) is 10.9. The molecule has 1 heterocycles. The molecule has 3 N–H and O–H groups in total.